The lowest BCUT2D eigenvalue weighted by atomic mass is 10.1. The van der Waals surface area contributed by atoms with Gasteiger partial charge in [-0.05, 0) is 36.3 Å². The van der Waals surface area contributed by atoms with Crippen LogP contribution in [-0.2, 0) is 11.2 Å². The maximum atomic E-state index is 12.8. The summed E-state index contributed by atoms with van der Waals surface area (Å²) in [6, 6.07) is 6.58. The standard InChI is InChI=1S/C16H24FN3OS/c17-15-4-2-14(3-5-15)6-8-19-16(22)18-7-1-9-20-10-12-21-13-11-20/h2-5H,1,6-13H2,(H2,18,19,22)/p+1. The van der Waals surface area contributed by atoms with Crippen molar-refractivity contribution in [1.29, 1.82) is 0 Å². The molecule has 0 aliphatic carbocycles. The highest BCUT2D eigenvalue weighted by molar-refractivity contribution is 7.80. The molecule has 2 rings (SSSR count). The second-order valence-electron chi connectivity index (χ2n) is 5.53. The van der Waals surface area contributed by atoms with Crippen molar-refractivity contribution < 1.29 is 14.0 Å². The summed E-state index contributed by atoms with van der Waals surface area (Å²) in [5.41, 5.74) is 1.10. The smallest absolute Gasteiger partial charge is 0.166 e. The van der Waals surface area contributed by atoms with Crippen LogP contribution in [0.1, 0.15) is 12.0 Å². The van der Waals surface area contributed by atoms with Gasteiger partial charge in [0.2, 0.25) is 0 Å². The van der Waals surface area contributed by atoms with Crippen molar-refractivity contribution in [2.45, 2.75) is 12.8 Å². The monoisotopic (exact) mass is 326 g/mol. The zero-order valence-electron chi connectivity index (χ0n) is 12.9. The van der Waals surface area contributed by atoms with Gasteiger partial charge < -0.3 is 20.3 Å². The van der Waals surface area contributed by atoms with E-state index in [-0.39, 0.29) is 5.82 Å². The Morgan fingerprint density at radius 1 is 1.14 bits per heavy atom. The van der Waals surface area contributed by atoms with Crippen molar-refractivity contribution >= 4 is 17.3 Å². The first-order valence-electron chi connectivity index (χ1n) is 7.91. The molecule has 4 nitrogen and oxygen atoms in total. The Hall–Kier alpha value is -1.24. The normalized spacial score (nSPS) is 15.5. The number of hydrogen-bond acceptors (Lipinski definition) is 2. The van der Waals surface area contributed by atoms with Crippen molar-refractivity contribution in [3.8, 4) is 0 Å². The topological polar surface area (TPSA) is 37.7 Å². The lowest BCUT2D eigenvalue weighted by Gasteiger charge is -2.23. The Labute approximate surface area is 137 Å². The van der Waals surface area contributed by atoms with E-state index in [4.69, 9.17) is 17.0 Å². The van der Waals surface area contributed by atoms with Crippen LogP contribution in [0, 0.1) is 5.82 Å². The Bertz CT molecular complexity index is 449. The Balaban J connectivity index is 1.49. The zero-order chi connectivity index (χ0) is 15.6. The SMILES string of the molecule is Fc1ccc(CCNC(=S)NCCC[NH+]2CCOCC2)cc1. The number of halogens is 1. The molecule has 1 aliphatic rings. The van der Waals surface area contributed by atoms with E-state index in [1.165, 1.54) is 12.1 Å². The van der Waals surface area contributed by atoms with Gasteiger partial charge in [0.25, 0.3) is 0 Å². The number of thiocarbonyl (C=S) groups is 1. The van der Waals surface area contributed by atoms with Crippen LogP contribution >= 0.6 is 12.2 Å². The molecule has 0 atom stereocenters. The molecule has 122 valence electrons. The van der Waals surface area contributed by atoms with Crippen LogP contribution in [0.2, 0.25) is 0 Å². The van der Waals surface area contributed by atoms with E-state index in [0.717, 1.165) is 64.3 Å². The second-order valence-corrected chi connectivity index (χ2v) is 5.93. The Morgan fingerprint density at radius 2 is 1.82 bits per heavy atom. The van der Waals surface area contributed by atoms with Gasteiger partial charge in [0.1, 0.15) is 18.9 Å². The van der Waals surface area contributed by atoms with Crippen LogP contribution in [0.5, 0.6) is 0 Å². The number of hydrogen-bond donors (Lipinski definition) is 3. The molecule has 0 bridgehead atoms. The molecule has 0 radical (unpaired) electrons. The van der Waals surface area contributed by atoms with Gasteiger partial charge in [-0.1, -0.05) is 12.1 Å². The van der Waals surface area contributed by atoms with E-state index in [0.29, 0.717) is 5.11 Å². The highest BCUT2D eigenvalue weighted by Crippen LogP contribution is 2.02. The summed E-state index contributed by atoms with van der Waals surface area (Å²) in [5.74, 6) is -0.198. The number of benzene rings is 1. The number of morpholine rings is 1. The third-order valence-corrected chi connectivity index (χ3v) is 4.09. The summed E-state index contributed by atoms with van der Waals surface area (Å²) < 4.78 is 18.1. The minimum atomic E-state index is -0.198. The molecule has 1 saturated heterocycles. The van der Waals surface area contributed by atoms with Crippen molar-refractivity contribution in [2.24, 2.45) is 0 Å². The van der Waals surface area contributed by atoms with Gasteiger partial charge in [-0.2, -0.15) is 0 Å². The average Bonchev–Trinajstić information content (AvgIpc) is 2.54. The third kappa shape index (κ3) is 6.68. The minimum Gasteiger partial charge on any atom is -0.370 e. The molecule has 1 aliphatic heterocycles. The van der Waals surface area contributed by atoms with Crippen LogP contribution in [-0.4, -0.2) is 51.0 Å². The molecule has 0 unspecified atom stereocenters. The molecule has 1 heterocycles. The van der Waals surface area contributed by atoms with E-state index in [2.05, 4.69) is 10.6 Å². The summed E-state index contributed by atoms with van der Waals surface area (Å²) in [6.07, 6.45) is 1.94. The molecule has 0 amide bonds. The quantitative estimate of drug-likeness (QED) is 0.492. The third-order valence-electron chi connectivity index (χ3n) is 3.81. The lowest BCUT2D eigenvalue weighted by molar-refractivity contribution is -0.908. The molecular formula is C16H25FN3OS+. The predicted octanol–water partition coefficient (Wildman–Crippen LogP) is 0.138. The van der Waals surface area contributed by atoms with Gasteiger partial charge >= 0.3 is 0 Å². The van der Waals surface area contributed by atoms with Crippen LogP contribution < -0.4 is 15.5 Å². The van der Waals surface area contributed by atoms with Crippen LogP contribution in [0.15, 0.2) is 24.3 Å². The maximum Gasteiger partial charge on any atom is 0.166 e. The number of ether oxygens (including phenoxy) is 1. The Kier molecular flexibility index (Phi) is 7.56. The molecule has 0 spiro atoms. The molecule has 1 fully saturated rings. The summed E-state index contributed by atoms with van der Waals surface area (Å²) in [4.78, 5) is 1.61. The Morgan fingerprint density at radius 3 is 2.55 bits per heavy atom. The first-order valence-corrected chi connectivity index (χ1v) is 8.32. The fourth-order valence-electron chi connectivity index (χ4n) is 2.48. The summed E-state index contributed by atoms with van der Waals surface area (Å²) in [5, 5.41) is 7.11. The number of nitrogens with one attached hydrogen (secondary N) is 3. The second kappa shape index (κ2) is 9.71. The molecule has 0 aromatic heterocycles. The molecule has 6 heteroatoms. The van der Waals surface area contributed by atoms with Gasteiger partial charge in [-0.25, -0.2) is 4.39 Å². The number of quaternary nitrogens is 1. The van der Waals surface area contributed by atoms with Gasteiger partial charge in [0.15, 0.2) is 5.11 Å². The van der Waals surface area contributed by atoms with Crippen molar-refractivity contribution in [1.82, 2.24) is 10.6 Å². The van der Waals surface area contributed by atoms with Gasteiger partial charge in [-0.15, -0.1) is 0 Å². The molecule has 1 aromatic rings. The lowest BCUT2D eigenvalue weighted by Crippen LogP contribution is -3.14. The number of rotatable bonds is 7. The zero-order valence-corrected chi connectivity index (χ0v) is 13.7. The summed E-state index contributed by atoms with van der Waals surface area (Å²) >= 11 is 5.25. The summed E-state index contributed by atoms with van der Waals surface area (Å²) in [7, 11) is 0. The highest BCUT2D eigenvalue weighted by Gasteiger charge is 2.12. The van der Waals surface area contributed by atoms with Crippen LogP contribution in [0.3, 0.4) is 0 Å². The fourth-order valence-corrected chi connectivity index (χ4v) is 2.69. The molecule has 1 aromatic carbocycles. The first kappa shape index (κ1) is 17.1. The first-order chi connectivity index (χ1) is 10.7. The summed E-state index contributed by atoms with van der Waals surface area (Å²) in [6.45, 7) is 6.80. The van der Waals surface area contributed by atoms with Crippen LogP contribution in [0.4, 0.5) is 4.39 Å². The maximum absolute atomic E-state index is 12.8. The van der Waals surface area contributed by atoms with Crippen molar-refractivity contribution in [3.05, 3.63) is 35.6 Å². The molecular weight excluding hydrogens is 301 g/mol. The van der Waals surface area contributed by atoms with E-state index >= 15 is 0 Å². The van der Waals surface area contributed by atoms with E-state index in [1.807, 2.05) is 0 Å². The van der Waals surface area contributed by atoms with Gasteiger partial charge in [0.05, 0.1) is 19.8 Å². The molecule has 0 saturated carbocycles. The van der Waals surface area contributed by atoms with E-state index in [9.17, 15) is 4.39 Å². The van der Waals surface area contributed by atoms with Crippen molar-refractivity contribution in [3.63, 3.8) is 0 Å². The van der Waals surface area contributed by atoms with E-state index in [1.54, 1.807) is 17.0 Å². The van der Waals surface area contributed by atoms with Crippen molar-refractivity contribution in [2.75, 3.05) is 45.9 Å². The average molecular weight is 326 g/mol. The van der Waals surface area contributed by atoms with Crippen LogP contribution in [0.25, 0.3) is 0 Å². The van der Waals surface area contributed by atoms with E-state index < -0.39 is 0 Å². The largest absolute Gasteiger partial charge is 0.370 e. The molecule has 22 heavy (non-hydrogen) atoms. The highest BCUT2D eigenvalue weighted by atomic mass is 32.1. The molecule has 3 N–H and O–H groups in total. The van der Waals surface area contributed by atoms with Gasteiger partial charge in [0, 0.05) is 19.5 Å². The minimum absolute atomic E-state index is 0.198. The van der Waals surface area contributed by atoms with Gasteiger partial charge in [-0.3, -0.25) is 0 Å². The predicted molar refractivity (Wildman–Crippen MR) is 89.7 cm³/mol. The fraction of sp³-hybridized carbons (Fsp3) is 0.562.